The van der Waals surface area contributed by atoms with E-state index in [1.165, 1.54) is 0 Å². The standard InChI is InChI=1S/C10H13N3O3/c1-13-3-2-6-7(4-9(14)15)11-10(16)12-8(6)5-13/h2-5H2,1H3,(H,14,15)(H,11,12,16). The van der Waals surface area contributed by atoms with E-state index in [2.05, 4.69) is 14.9 Å². The zero-order chi connectivity index (χ0) is 11.7. The second-order valence-electron chi connectivity index (χ2n) is 4.00. The number of nitrogens with zero attached hydrogens (tertiary/aromatic N) is 2. The molecule has 0 bridgehead atoms. The first-order chi connectivity index (χ1) is 7.56. The Hall–Kier alpha value is -1.69. The van der Waals surface area contributed by atoms with Crippen molar-refractivity contribution in [2.45, 2.75) is 19.4 Å². The molecule has 0 atom stereocenters. The van der Waals surface area contributed by atoms with Crippen molar-refractivity contribution >= 4 is 5.97 Å². The van der Waals surface area contributed by atoms with Crippen LogP contribution in [0.25, 0.3) is 0 Å². The lowest BCUT2D eigenvalue weighted by Gasteiger charge is -2.25. The van der Waals surface area contributed by atoms with Gasteiger partial charge in [-0.25, -0.2) is 4.79 Å². The Morgan fingerprint density at radius 1 is 1.62 bits per heavy atom. The Morgan fingerprint density at radius 3 is 3.06 bits per heavy atom. The first kappa shape index (κ1) is 10.8. The number of H-pyrrole nitrogens is 1. The third kappa shape index (κ3) is 2.11. The number of rotatable bonds is 2. The predicted octanol–water partition coefficient (Wildman–Crippen LogP) is -0.615. The smallest absolute Gasteiger partial charge is 0.345 e. The maximum atomic E-state index is 11.3. The van der Waals surface area contributed by atoms with Crippen LogP contribution in [0, 0.1) is 0 Å². The quantitative estimate of drug-likeness (QED) is 0.698. The van der Waals surface area contributed by atoms with E-state index in [0.29, 0.717) is 12.2 Å². The summed E-state index contributed by atoms with van der Waals surface area (Å²) in [5.74, 6) is -0.959. The normalized spacial score (nSPS) is 15.8. The monoisotopic (exact) mass is 223 g/mol. The van der Waals surface area contributed by atoms with Crippen LogP contribution in [-0.2, 0) is 24.2 Å². The van der Waals surface area contributed by atoms with E-state index >= 15 is 0 Å². The van der Waals surface area contributed by atoms with Crippen molar-refractivity contribution in [2.75, 3.05) is 13.6 Å². The summed E-state index contributed by atoms with van der Waals surface area (Å²) in [5.41, 5.74) is 1.62. The second-order valence-corrected chi connectivity index (χ2v) is 4.00. The van der Waals surface area contributed by atoms with Gasteiger partial charge >= 0.3 is 11.7 Å². The fourth-order valence-corrected chi connectivity index (χ4v) is 1.97. The van der Waals surface area contributed by atoms with Gasteiger partial charge in [-0.1, -0.05) is 0 Å². The summed E-state index contributed by atoms with van der Waals surface area (Å²) in [5, 5.41) is 8.75. The number of nitrogens with one attached hydrogen (secondary N) is 1. The molecule has 0 aromatic carbocycles. The lowest BCUT2D eigenvalue weighted by molar-refractivity contribution is -0.136. The van der Waals surface area contributed by atoms with Crippen molar-refractivity contribution in [1.29, 1.82) is 0 Å². The molecular weight excluding hydrogens is 210 g/mol. The van der Waals surface area contributed by atoms with E-state index in [-0.39, 0.29) is 6.42 Å². The highest BCUT2D eigenvalue weighted by Gasteiger charge is 2.19. The van der Waals surface area contributed by atoms with Crippen LogP contribution >= 0.6 is 0 Å². The molecule has 6 heteroatoms. The first-order valence-corrected chi connectivity index (χ1v) is 5.07. The van der Waals surface area contributed by atoms with Crippen molar-refractivity contribution < 1.29 is 9.90 Å². The number of carboxylic acid groups (broad SMARTS) is 1. The molecular formula is C10H13N3O3. The minimum absolute atomic E-state index is 0.185. The van der Waals surface area contributed by atoms with E-state index in [1.54, 1.807) is 0 Å². The number of hydrogen-bond acceptors (Lipinski definition) is 4. The van der Waals surface area contributed by atoms with Gasteiger partial charge in [0.2, 0.25) is 0 Å². The molecule has 1 aliphatic rings. The number of aliphatic carboxylic acids is 1. The second kappa shape index (κ2) is 4.05. The topological polar surface area (TPSA) is 86.3 Å². The van der Waals surface area contributed by atoms with Crippen LogP contribution in [0.5, 0.6) is 0 Å². The molecule has 6 nitrogen and oxygen atoms in total. The third-order valence-corrected chi connectivity index (χ3v) is 2.70. The van der Waals surface area contributed by atoms with E-state index < -0.39 is 11.7 Å². The molecule has 1 aromatic heterocycles. The first-order valence-electron chi connectivity index (χ1n) is 5.07. The molecule has 0 amide bonds. The van der Waals surface area contributed by atoms with Gasteiger partial charge in [0.15, 0.2) is 0 Å². The lowest BCUT2D eigenvalue weighted by Crippen LogP contribution is -2.32. The average Bonchev–Trinajstić information content (AvgIpc) is 2.15. The van der Waals surface area contributed by atoms with Crippen LogP contribution in [0.4, 0.5) is 0 Å². The molecule has 2 heterocycles. The fraction of sp³-hybridized carbons (Fsp3) is 0.500. The number of carboxylic acids is 1. The van der Waals surface area contributed by atoms with E-state index in [0.717, 1.165) is 24.2 Å². The molecule has 2 rings (SSSR count). The lowest BCUT2D eigenvalue weighted by atomic mass is 10.0. The molecule has 0 spiro atoms. The van der Waals surface area contributed by atoms with Crippen molar-refractivity contribution in [2.24, 2.45) is 0 Å². The van der Waals surface area contributed by atoms with Crippen LogP contribution in [-0.4, -0.2) is 39.5 Å². The fourth-order valence-electron chi connectivity index (χ4n) is 1.97. The number of aromatic amines is 1. The molecule has 0 fully saturated rings. The van der Waals surface area contributed by atoms with E-state index in [9.17, 15) is 9.59 Å². The summed E-state index contributed by atoms with van der Waals surface area (Å²) >= 11 is 0. The van der Waals surface area contributed by atoms with Gasteiger partial charge in [0.1, 0.15) is 0 Å². The molecule has 86 valence electrons. The summed E-state index contributed by atoms with van der Waals surface area (Å²) < 4.78 is 0. The highest BCUT2D eigenvalue weighted by atomic mass is 16.4. The van der Waals surface area contributed by atoms with Crippen molar-refractivity contribution in [3.05, 3.63) is 27.4 Å². The van der Waals surface area contributed by atoms with Crippen molar-refractivity contribution in [1.82, 2.24) is 14.9 Å². The minimum Gasteiger partial charge on any atom is -0.481 e. The highest BCUT2D eigenvalue weighted by molar-refractivity contribution is 5.70. The molecule has 0 aliphatic carbocycles. The van der Waals surface area contributed by atoms with E-state index in [1.807, 2.05) is 7.05 Å². The Labute approximate surface area is 91.9 Å². The maximum absolute atomic E-state index is 11.3. The largest absolute Gasteiger partial charge is 0.481 e. The predicted molar refractivity (Wildman–Crippen MR) is 56.2 cm³/mol. The average molecular weight is 223 g/mol. The van der Waals surface area contributed by atoms with Gasteiger partial charge in [-0.15, -0.1) is 0 Å². The molecule has 0 saturated carbocycles. The van der Waals surface area contributed by atoms with Crippen molar-refractivity contribution in [3.63, 3.8) is 0 Å². The Morgan fingerprint density at radius 2 is 2.38 bits per heavy atom. The Bertz CT molecular complexity index is 481. The summed E-state index contributed by atoms with van der Waals surface area (Å²) in [6, 6.07) is 0. The van der Waals surface area contributed by atoms with E-state index in [4.69, 9.17) is 5.11 Å². The van der Waals surface area contributed by atoms with Crippen molar-refractivity contribution in [3.8, 4) is 0 Å². The summed E-state index contributed by atoms with van der Waals surface area (Å²) in [7, 11) is 1.96. The maximum Gasteiger partial charge on any atom is 0.345 e. The summed E-state index contributed by atoms with van der Waals surface area (Å²) in [6.07, 6.45) is 0.550. The number of fused-ring (bicyclic) bond motifs is 1. The van der Waals surface area contributed by atoms with Crippen LogP contribution in [0.2, 0.25) is 0 Å². The third-order valence-electron chi connectivity index (χ3n) is 2.70. The zero-order valence-corrected chi connectivity index (χ0v) is 8.99. The van der Waals surface area contributed by atoms with Gasteiger partial charge in [0.25, 0.3) is 0 Å². The molecule has 0 unspecified atom stereocenters. The van der Waals surface area contributed by atoms with Crippen LogP contribution in [0.15, 0.2) is 4.79 Å². The van der Waals surface area contributed by atoms with Gasteiger partial charge in [-0.3, -0.25) is 4.79 Å². The summed E-state index contributed by atoms with van der Waals surface area (Å²) in [4.78, 5) is 30.4. The molecule has 1 aliphatic heterocycles. The van der Waals surface area contributed by atoms with Crippen LogP contribution in [0.1, 0.15) is 17.0 Å². The Kier molecular flexibility index (Phi) is 2.74. The van der Waals surface area contributed by atoms with Crippen LogP contribution in [0.3, 0.4) is 0 Å². The SMILES string of the molecule is CN1CCc2c(CC(=O)O)nc(=O)[nH]c2C1. The number of aromatic nitrogens is 2. The molecule has 16 heavy (non-hydrogen) atoms. The molecule has 1 aromatic rings. The van der Waals surface area contributed by atoms with Gasteiger partial charge < -0.3 is 15.0 Å². The molecule has 0 radical (unpaired) electrons. The molecule has 2 N–H and O–H groups in total. The van der Waals surface area contributed by atoms with Crippen LogP contribution < -0.4 is 5.69 Å². The number of likely N-dealkylation sites (N-methyl/N-ethyl adjacent to an activating group) is 1. The van der Waals surface area contributed by atoms with Gasteiger partial charge in [-0.05, 0) is 19.0 Å². The Balaban J connectivity index is 2.45. The molecule has 0 saturated heterocycles. The summed E-state index contributed by atoms with van der Waals surface area (Å²) in [6.45, 7) is 1.49. The number of carbonyl (C=O) groups is 1. The minimum atomic E-state index is -0.959. The van der Waals surface area contributed by atoms with Gasteiger partial charge in [0.05, 0.1) is 12.1 Å². The van der Waals surface area contributed by atoms with Gasteiger partial charge in [-0.2, -0.15) is 4.98 Å². The zero-order valence-electron chi connectivity index (χ0n) is 8.99. The highest BCUT2D eigenvalue weighted by Crippen LogP contribution is 2.17. The van der Waals surface area contributed by atoms with Gasteiger partial charge in [0, 0.05) is 18.8 Å². The number of hydrogen-bond donors (Lipinski definition) is 2.